The number of rotatable bonds is 6. The van der Waals surface area contributed by atoms with Crippen LogP contribution in [0, 0.1) is 5.92 Å². The molecule has 0 spiro atoms. The van der Waals surface area contributed by atoms with Crippen molar-refractivity contribution in [3.05, 3.63) is 0 Å². The molecule has 1 aliphatic carbocycles. The zero-order valence-electron chi connectivity index (χ0n) is 11.3. The van der Waals surface area contributed by atoms with E-state index >= 15 is 0 Å². The largest absolute Gasteiger partial charge is 0.472 e. The van der Waals surface area contributed by atoms with Crippen LogP contribution in [0.2, 0.25) is 0 Å². The van der Waals surface area contributed by atoms with Crippen molar-refractivity contribution in [2.45, 2.75) is 43.5 Å². The van der Waals surface area contributed by atoms with Crippen LogP contribution in [-0.2, 0) is 13.6 Å². The molecule has 10 nitrogen and oxygen atoms in total. The number of aliphatic hydroxyl groups excluding tert-OH is 6. The summed E-state index contributed by atoms with van der Waals surface area (Å²) in [5, 5.41) is 56.4. The second kappa shape index (κ2) is 7.42. The summed E-state index contributed by atoms with van der Waals surface area (Å²) in [5.41, 5.74) is 0. The van der Waals surface area contributed by atoms with Gasteiger partial charge in [0, 0.05) is 5.92 Å². The Morgan fingerprint density at radius 1 is 1.10 bits per heavy atom. The Labute approximate surface area is 120 Å². The molecular formula is C10H21O10P. The summed E-state index contributed by atoms with van der Waals surface area (Å²) in [5.74, 6) is -0.870. The Hall–Kier alpha value is -0.130. The SMILES string of the molecule is CC1C(O)C(O)C(OP(=O)(O)OCC(O)CO)C(O)C1O. The molecule has 1 aliphatic rings. The van der Waals surface area contributed by atoms with Gasteiger partial charge in [0.25, 0.3) is 0 Å². The highest BCUT2D eigenvalue weighted by Gasteiger charge is 2.50. The zero-order valence-corrected chi connectivity index (χ0v) is 12.2. The monoisotopic (exact) mass is 332 g/mol. The molecule has 0 amide bonds. The molecule has 11 heteroatoms. The molecule has 0 aromatic rings. The topological polar surface area (TPSA) is 177 Å². The molecule has 0 saturated heterocycles. The van der Waals surface area contributed by atoms with Crippen LogP contribution in [0.1, 0.15) is 6.92 Å². The van der Waals surface area contributed by atoms with Crippen molar-refractivity contribution < 1.29 is 49.1 Å². The van der Waals surface area contributed by atoms with Crippen LogP contribution in [0.25, 0.3) is 0 Å². The fourth-order valence-electron chi connectivity index (χ4n) is 1.96. The Bertz CT molecular complexity index is 363. The van der Waals surface area contributed by atoms with Gasteiger partial charge in [-0.15, -0.1) is 0 Å². The van der Waals surface area contributed by atoms with Gasteiger partial charge in [0.05, 0.1) is 25.4 Å². The first-order chi connectivity index (χ1) is 9.60. The first-order valence-electron chi connectivity index (χ1n) is 6.27. The molecule has 21 heavy (non-hydrogen) atoms. The van der Waals surface area contributed by atoms with Crippen LogP contribution in [0.3, 0.4) is 0 Å². The maximum Gasteiger partial charge on any atom is 0.472 e. The van der Waals surface area contributed by atoms with Gasteiger partial charge < -0.3 is 35.5 Å². The van der Waals surface area contributed by atoms with Crippen molar-refractivity contribution in [2.75, 3.05) is 13.2 Å². The average molecular weight is 332 g/mol. The highest BCUT2D eigenvalue weighted by atomic mass is 31.2. The fraction of sp³-hybridized carbons (Fsp3) is 1.00. The second-order valence-corrected chi connectivity index (χ2v) is 6.40. The number of phosphoric ester groups is 1. The lowest BCUT2D eigenvalue weighted by atomic mass is 9.80. The molecule has 7 N–H and O–H groups in total. The summed E-state index contributed by atoms with van der Waals surface area (Å²) in [6.07, 6.45) is -9.55. The van der Waals surface area contributed by atoms with Crippen molar-refractivity contribution in [3.8, 4) is 0 Å². The Morgan fingerprint density at radius 3 is 2.00 bits per heavy atom. The van der Waals surface area contributed by atoms with Crippen LogP contribution in [0.15, 0.2) is 0 Å². The highest BCUT2D eigenvalue weighted by molar-refractivity contribution is 7.47. The van der Waals surface area contributed by atoms with E-state index in [2.05, 4.69) is 9.05 Å². The quantitative estimate of drug-likeness (QED) is 0.247. The van der Waals surface area contributed by atoms with E-state index in [-0.39, 0.29) is 0 Å². The van der Waals surface area contributed by atoms with E-state index in [4.69, 9.17) is 10.2 Å². The molecule has 1 rings (SSSR count). The van der Waals surface area contributed by atoms with Crippen molar-refractivity contribution >= 4 is 7.82 Å². The lowest BCUT2D eigenvalue weighted by Gasteiger charge is -2.42. The summed E-state index contributed by atoms with van der Waals surface area (Å²) in [6, 6.07) is 0. The number of phosphoric acid groups is 1. The lowest BCUT2D eigenvalue weighted by Crippen LogP contribution is -2.60. The Balaban J connectivity index is 2.72. The molecule has 6 unspecified atom stereocenters. The molecular weight excluding hydrogens is 311 g/mol. The van der Waals surface area contributed by atoms with Gasteiger partial charge in [-0.2, -0.15) is 0 Å². The lowest BCUT2D eigenvalue weighted by molar-refractivity contribution is -0.196. The van der Waals surface area contributed by atoms with E-state index < -0.39 is 63.6 Å². The van der Waals surface area contributed by atoms with E-state index in [1.807, 2.05) is 0 Å². The summed E-state index contributed by atoms with van der Waals surface area (Å²) < 4.78 is 20.6. The normalized spacial score (nSPS) is 41.5. The van der Waals surface area contributed by atoms with Gasteiger partial charge in [-0.1, -0.05) is 6.92 Å². The van der Waals surface area contributed by atoms with Gasteiger partial charge >= 0.3 is 7.82 Å². The third kappa shape index (κ3) is 4.67. The van der Waals surface area contributed by atoms with Crippen LogP contribution < -0.4 is 0 Å². The molecule has 0 aromatic carbocycles. The number of aliphatic hydroxyl groups is 6. The van der Waals surface area contributed by atoms with E-state index in [9.17, 15) is 29.9 Å². The predicted octanol–water partition coefficient (Wildman–Crippen LogP) is -3.06. The molecule has 6 atom stereocenters. The summed E-state index contributed by atoms with van der Waals surface area (Å²) in [7, 11) is -4.79. The van der Waals surface area contributed by atoms with Gasteiger partial charge in [0.15, 0.2) is 0 Å². The third-order valence-electron chi connectivity index (χ3n) is 3.35. The van der Waals surface area contributed by atoms with Gasteiger partial charge in [0.2, 0.25) is 0 Å². The second-order valence-electron chi connectivity index (χ2n) is 4.99. The molecule has 0 aromatic heterocycles. The van der Waals surface area contributed by atoms with Crippen LogP contribution in [-0.4, -0.2) is 85.4 Å². The fourth-order valence-corrected chi connectivity index (χ4v) is 2.93. The maximum absolute atomic E-state index is 11.6. The molecule has 0 bridgehead atoms. The van der Waals surface area contributed by atoms with E-state index in [1.165, 1.54) is 6.92 Å². The van der Waals surface area contributed by atoms with Crippen molar-refractivity contribution in [2.24, 2.45) is 5.92 Å². The minimum Gasteiger partial charge on any atom is -0.394 e. The van der Waals surface area contributed by atoms with Crippen molar-refractivity contribution in [1.82, 2.24) is 0 Å². The van der Waals surface area contributed by atoms with Crippen LogP contribution in [0.5, 0.6) is 0 Å². The van der Waals surface area contributed by atoms with Gasteiger partial charge in [-0.3, -0.25) is 9.05 Å². The third-order valence-corrected chi connectivity index (χ3v) is 4.33. The number of hydrogen-bond acceptors (Lipinski definition) is 9. The minimum absolute atomic E-state index is 0.705. The van der Waals surface area contributed by atoms with Crippen molar-refractivity contribution in [1.29, 1.82) is 0 Å². The Morgan fingerprint density at radius 2 is 1.57 bits per heavy atom. The number of hydrogen-bond donors (Lipinski definition) is 7. The van der Waals surface area contributed by atoms with Crippen LogP contribution >= 0.6 is 7.82 Å². The first kappa shape index (κ1) is 18.9. The smallest absolute Gasteiger partial charge is 0.394 e. The summed E-state index contributed by atoms with van der Waals surface area (Å²) in [6.45, 7) is -0.0427. The molecule has 0 radical (unpaired) electrons. The molecule has 1 fully saturated rings. The predicted molar refractivity (Wildman–Crippen MR) is 66.9 cm³/mol. The molecule has 0 aliphatic heterocycles. The van der Waals surface area contributed by atoms with Gasteiger partial charge in [-0.05, 0) is 0 Å². The Kier molecular flexibility index (Phi) is 6.69. The van der Waals surface area contributed by atoms with E-state index in [1.54, 1.807) is 0 Å². The standard InChI is InChI=1S/C10H21O10P/c1-4-6(13)8(15)10(9(16)7(4)14)20-21(17,18)19-3-5(12)2-11/h4-16H,2-3H2,1H3,(H,17,18). The zero-order chi connectivity index (χ0) is 16.4. The summed E-state index contributed by atoms with van der Waals surface area (Å²) in [4.78, 5) is 9.42. The average Bonchev–Trinajstić information content (AvgIpc) is 2.45. The first-order valence-corrected chi connectivity index (χ1v) is 7.77. The van der Waals surface area contributed by atoms with Gasteiger partial charge in [-0.25, -0.2) is 4.57 Å². The van der Waals surface area contributed by atoms with Gasteiger partial charge in [0.1, 0.15) is 24.4 Å². The van der Waals surface area contributed by atoms with E-state index in [0.717, 1.165) is 0 Å². The highest BCUT2D eigenvalue weighted by Crippen LogP contribution is 2.47. The van der Waals surface area contributed by atoms with Crippen LogP contribution in [0.4, 0.5) is 0 Å². The minimum atomic E-state index is -4.79. The van der Waals surface area contributed by atoms with Crippen molar-refractivity contribution in [3.63, 3.8) is 0 Å². The molecule has 126 valence electrons. The van der Waals surface area contributed by atoms with E-state index in [0.29, 0.717) is 0 Å². The maximum atomic E-state index is 11.6. The molecule has 1 saturated carbocycles. The summed E-state index contributed by atoms with van der Waals surface area (Å²) >= 11 is 0. The molecule has 0 heterocycles.